The van der Waals surface area contributed by atoms with Gasteiger partial charge in [-0.3, -0.25) is 0 Å². The molecule has 8 heteroatoms. The molecule has 2 aliphatic rings. The molecule has 38 heavy (non-hydrogen) atoms. The van der Waals surface area contributed by atoms with Crippen molar-refractivity contribution in [2.24, 2.45) is 9.98 Å². The first-order valence-electron chi connectivity index (χ1n) is 13.2. The van der Waals surface area contributed by atoms with Gasteiger partial charge in [-0.2, -0.15) is 5.26 Å². The van der Waals surface area contributed by atoms with Crippen LogP contribution in [0.15, 0.2) is 58.7 Å². The van der Waals surface area contributed by atoms with Crippen molar-refractivity contribution in [2.75, 3.05) is 46.6 Å². The van der Waals surface area contributed by atoms with Crippen molar-refractivity contribution < 1.29 is 14.2 Å². The molecule has 0 N–H and O–H groups in total. The van der Waals surface area contributed by atoms with Crippen LogP contribution in [0.5, 0.6) is 5.75 Å². The summed E-state index contributed by atoms with van der Waals surface area (Å²) in [6, 6.07) is 8.43. The van der Waals surface area contributed by atoms with Crippen molar-refractivity contribution in [3.8, 4) is 11.8 Å². The lowest BCUT2D eigenvalue weighted by atomic mass is 10.0. The van der Waals surface area contributed by atoms with Crippen LogP contribution in [0.1, 0.15) is 45.2 Å². The molecule has 0 spiro atoms. The first-order valence-corrected chi connectivity index (χ1v) is 13.2. The number of rotatable bonds is 7. The molecule has 2 aliphatic heterocycles. The molecule has 0 aliphatic carbocycles. The number of allylic oxidation sites excluding steroid dienone is 4. The molecule has 8 nitrogen and oxygen atoms in total. The van der Waals surface area contributed by atoms with E-state index in [0.717, 1.165) is 54.3 Å². The summed E-state index contributed by atoms with van der Waals surface area (Å²) in [7, 11) is 1.62. The smallest absolute Gasteiger partial charge is 0.227 e. The summed E-state index contributed by atoms with van der Waals surface area (Å²) in [4.78, 5) is 14.2. The summed E-state index contributed by atoms with van der Waals surface area (Å²) < 4.78 is 16.7. The number of hydrogen-bond donors (Lipinski definition) is 0. The molecule has 1 aromatic carbocycles. The van der Waals surface area contributed by atoms with E-state index in [4.69, 9.17) is 29.5 Å². The highest BCUT2D eigenvalue weighted by Gasteiger charge is 2.23. The average Bonchev–Trinajstić information content (AvgIpc) is 2.91. The van der Waals surface area contributed by atoms with Gasteiger partial charge in [0.1, 0.15) is 11.6 Å². The Morgan fingerprint density at radius 1 is 1.24 bits per heavy atom. The Hall–Kier alpha value is -3.41. The number of nitrogens with zero attached hydrogens (tertiary/aromatic N) is 5. The van der Waals surface area contributed by atoms with E-state index in [-0.39, 0.29) is 12.1 Å². The van der Waals surface area contributed by atoms with E-state index in [0.29, 0.717) is 37.9 Å². The van der Waals surface area contributed by atoms with Gasteiger partial charge in [0.15, 0.2) is 0 Å². The van der Waals surface area contributed by atoms with Crippen LogP contribution in [-0.2, 0) is 15.9 Å². The van der Waals surface area contributed by atoms with Gasteiger partial charge in [-0.05, 0) is 63.5 Å². The van der Waals surface area contributed by atoms with Gasteiger partial charge >= 0.3 is 0 Å². The molecule has 0 unspecified atom stereocenters. The maximum atomic E-state index is 9.11. The Morgan fingerprint density at radius 2 is 2.05 bits per heavy atom. The fourth-order valence-electron chi connectivity index (χ4n) is 4.56. The summed E-state index contributed by atoms with van der Waals surface area (Å²) in [5, 5.41) is 9.11. The Balaban J connectivity index is 1.72. The van der Waals surface area contributed by atoms with Crippen molar-refractivity contribution in [3.63, 3.8) is 0 Å². The second kappa shape index (κ2) is 14.5. The fraction of sp³-hybridized carbons (Fsp3) is 0.500. The van der Waals surface area contributed by atoms with Crippen LogP contribution in [0.25, 0.3) is 5.57 Å². The summed E-state index contributed by atoms with van der Waals surface area (Å²) in [6.45, 7) is 16.9. The van der Waals surface area contributed by atoms with Crippen molar-refractivity contribution in [2.45, 2.75) is 52.7 Å². The molecule has 0 saturated carbocycles. The molecule has 0 amide bonds. The van der Waals surface area contributed by atoms with Gasteiger partial charge < -0.3 is 24.0 Å². The van der Waals surface area contributed by atoms with Gasteiger partial charge in [0, 0.05) is 25.2 Å². The van der Waals surface area contributed by atoms with Gasteiger partial charge in [0.2, 0.25) is 5.96 Å². The zero-order valence-corrected chi connectivity index (χ0v) is 23.4. The molecule has 0 bridgehead atoms. The van der Waals surface area contributed by atoms with Crippen LogP contribution in [0, 0.1) is 11.3 Å². The normalized spacial score (nSPS) is 21.5. The van der Waals surface area contributed by atoms with E-state index in [1.165, 1.54) is 0 Å². The quantitative estimate of drug-likeness (QED) is 0.291. The Labute approximate surface area is 227 Å². The fourth-order valence-corrected chi connectivity index (χ4v) is 4.56. The predicted molar refractivity (Wildman–Crippen MR) is 153 cm³/mol. The van der Waals surface area contributed by atoms with Gasteiger partial charge in [0.05, 0.1) is 57.3 Å². The first-order chi connectivity index (χ1) is 18.3. The second-order valence-electron chi connectivity index (χ2n) is 9.69. The molecule has 2 atom stereocenters. The third-order valence-electron chi connectivity index (χ3n) is 6.69. The standard InChI is InChI=1S/C30H41N5O3/c1-22(27-11-12-29(36-6)28(19-27)13-14-31)9-7-8-10-23(2)32-30(34-15-18-38-25(4)20-34)33-26(5)35-16-17-37-21-24(35)3/h8-12,19,24-25H,2,7,13,15-18,20-21H2,1,3-6H3/b10-8-,22-9+,32-30?,33-26?/t24-,25+/m0/s1. The van der Waals surface area contributed by atoms with E-state index in [2.05, 4.69) is 55.4 Å². The third-order valence-corrected chi connectivity index (χ3v) is 6.69. The van der Waals surface area contributed by atoms with E-state index < -0.39 is 0 Å². The molecule has 2 saturated heterocycles. The Bertz CT molecular complexity index is 1130. The highest BCUT2D eigenvalue weighted by atomic mass is 16.5. The zero-order valence-electron chi connectivity index (χ0n) is 23.4. The van der Waals surface area contributed by atoms with Crippen LogP contribution in [0.3, 0.4) is 0 Å². The minimum Gasteiger partial charge on any atom is -0.496 e. The summed E-state index contributed by atoms with van der Waals surface area (Å²) >= 11 is 0. The van der Waals surface area contributed by atoms with Gasteiger partial charge in [-0.25, -0.2) is 9.98 Å². The predicted octanol–water partition coefficient (Wildman–Crippen LogP) is 4.84. The molecule has 0 radical (unpaired) electrons. The zero-order chi connectivity index (χ0) is 27.5. The van der Waals surface area contributed by atoms with E-state index in [9.17, 15) is 0 Å². The number of nitriles is 1. The SMILES string of the molecule is C=C(/C=C\C/C=C(\C)c1ccc(OC)c(CC#N)c1)N=C(N=C(C)N1CCOC[C@@H]1C)N1CCO[C@H](C)C1. The minimum atomic E-state index is 0.121. The molecule has 2 heterocycles. The van der Waals surface area contributed by atoms with E-state index in [1.807, 2.05) is 31.2 Å². The largest absolute Gasteiger partial charge is 0.496 e. The topological polar surface area (TPSA) is 82.7 Å². The minimum absolute atomic E-state index is 0.121. The molecule has 0 aromatic heterocycles. The van der Waals surface area contributed by atoms with Crippen LogP contribution < -0.4 is 4.74 Å². The maximum absolute atomic E-state index is 9.11. The summed E-state index contributed by atoms with van der Waals surface area (Å²) in [5.74, 6) is 2.34. The molecule has 204 valence electrons. The second-order valence-corrected chi connectivity index (χ2v) is 9.69. The lowest BCUT2D eigenvalue weighted by Gasteiger charge is -2.36. The van der Waals surface area contributed by atoms with Crippen LogP contribution in [0.4, 0.5) is 0 Å². The molecule has 2 fully saturated rings. The van der Waals surface area contributed by atoms with Crippen molar-refractivity contribution in [1.29, 1.82) is 5.26 Å². The number of hydrogen-bond acceptors (Lipinski definition) is 5. The Kier molecular flexibility index (Phi) is 11.1. The number of guanidine groups is 1. The maximum Gasteiger partial charge on any atom is 0.227 e. The summed E-state index contributed by atoms with van der Waals surface area (Å²) in [5.41, 5.74) is 3.75. The third kappa shape index (κ3) is 8.30. The lowest BCUT2D eigenvalue weighted by molar-refractivity contribution is 0.00530. The van der Waals surface area contributed by atoms with Crippen LogP contribution >= 0.6 is 0 Å². The average molecular weight is 520 g/mol. The molecular formula is C30H41N5O3. The number of benzene rings is 1. The van der Waals surface area contributed by atoms with Crippen molar-refractivity contribution in [1.82, 2.24) is 9.80 Å². The lowest BCUT2D eigenvalue weighted by Crippen LogP contribution is -2.48. The summed E-state index contributed by atoms with van der Waals surface area (Å²) in [6.07, 6.45) is 7.31. The van der Waals surface area contributed by atoms with Gasteiger partial charge in [0.25, 0.3) is 0 Å². The first kappa shape index (κ1) is 29.2. The highest BCUT2D eigenvalue weighted by Crippen LogP contribution is 2.24. The number of morpholine rings is 2. The van der Waals surface area contributed by atoms with Crippen LogP contribution in [-0.4, -0.2) is 80.3 Å². The van der Waals surface area contributed by atoms with Gasteiger partial charge in [-0.15, -0.1) is 0 Å². The molecule has 1 aromatic rings. The van der Waals surface area contributed by atoms with E-state index in [1.54, 1.807) is 7.11 Å². The van der Waals surface area contributed by atoms with Crippen molar-refractivity contribution in [3.05, 3.63) is 59.8 Å². The van der Waals surface area contributed by atoms with Gasteiger partial charge in [-0.1, -0.05) is 24.8 Å². The van der Waals surface area contributed by atoms with E-state index >= 15 is 0 Å². The molecule has 3 rings (SSSR count). The number of aliphatic imine (C=N–C) groups is 2. The Morgan fingerprint density at radius 3 is 2.76 bits per heavy atom. The van der Waals surface area contributed by atoms with Crippen LogP contribution in [0.2, 0.25) is 0 Å². The monoisotopic (exact) mass is 519 g/mol. The number of methoxy groups -OCH3 is 1. The number of amidine groups is 1. The van der Waals surface area contributed by atoms with Crippen molar-refractivity contribution >= 4 is 17.4 Å². The molecular weight excluding hydrogens is 478 g/mol. The number of ether oxygens (including phenoxy) is 3. The highest BCUT2D eigenvalue weighted by molar-refractivity contribution is 5.95.